The van der Waals surface area contributed by atoms with Gasteiger partial charge in [0.15, 0.2) is 0 Å². The quantitative estimate of drug-likeness (QED) is 0.640. The van der Waals surface area contributed by atoms with E-state index in [4.69, 9.17) is 0 Å². The summed E-state index contributed by atoms with van der Waals surface area (Å²) in [7, 11) is 0. The van der Waals surface area contributed by atoms with Gasteiger partial charge in [0, 0.05) is 28.6 Å². The Labute approximate surface area is 155 Å². The van der Waals surface area contributed by atoms with Gasteiger partial charge in [-0.25, -0.2) is 0 Å². The highest BCUT2D eigenvalue weighted by molar-refractivity contribution is 9.10. The molecule has 0 saturated heterocycles. The van der Waals surface area contributed by atoms with E-state index < -0.39 is 0 Å². The number of nitrogens with one attached hydrogen (secondary N) is 1. The van der Waals surface area contributed by atoms with Crippen molar-refractivity contribution in [1.29, 1.82) is 0 Å². The zero-order valence-electron chi connectivity index (χ0n) is 13.8. The Morgan fingerprint density at radius 1 is 1.04 bits per heavy atom. The number of halogens is 1. The summed E-state index contributed by atoms with van der Waals surface area (Å²) in [4.78, 5) is 18.9. The minimum Gasteiger partial charge on any atom is -0.342 e. The first kappa shape index (κ1) is 17.2. The number of amides is 1. The average Bonchev–Trinajstić information content (AvgIpc) is 2.65. The Morgan fingerprint density at radius 3 is 2.48 bits per heavy atom. The SMILES string of the molecule is CCN(c1ccccc1)c1ccnc(C(=O)Nc2ccccc2Br)c1. The van der Waals surface area contributed by atoms with Crippen LogP contribution < -0.4 is 10.2 Å². The fourth-order valence-electron chi connectivity index (χ4n) is 2.58. The third kappa shape index (κ3) is 4.06. The Balaban J connectivity index is 1.86. The summed E-state index contributed by atoms with van der Waals surface area (Å²) in [5.74, 6) is -0.238. The normalized spacial score (nSPS) is 10.3. The van der Waals surface area contributed by atoms with Gasteiger partial charge in [-0.3, -0.25) is 9.78 Å². The van der Waals surface area contributed by atoms with Gasteiger partial charge in [-0.15, -0.1) is 0 Å². The summed E-state index contributed by atoms with van der Waals surface area (Å²) in [6.45, 7) is 2.87. The minimum atomic E-state index is -0.238. The standard InChI is InChI=1S/C20H18BrN3O/c1-2-24(15-8-4-3-5-9-15)16-12-13-22-19(14-16)20(25)23-18-11-7-6-10-17(18)21/h3-14H,2H2,1H3,(H,23,25). The van der Waals surface area contributed by atoms with Gasteiger partial charge in [0.2, 0.25) is 0 Å². The minimum absolute atomic E-state index is 0.238. The molecule has 0 atom stereocenters. The number of benzene rings is 2. The Kier molecular flexibility index (Phi) is 5.46. The summed E-state index contributed by atoms with van der Waals surface area (Å²) in [6.07, 6.45) is 1.66. The van der Waals surface area contributed by atoms with E-state index in [1.807, 2.05) is 66.7 Å². The van der Waals surface area contributed by atoms with Gasteiger partial charge < -0.3 is 10.2 Å². The molecule has 1 amide bonds. The zero-order valence-corrected chi connectivity index (χ0v) is 15.4. The van der Waals surface area contributed by atoms with Crippen LogP contribution in [0, 0.1) is 0 Å². The summed E-state index contributed by atoms with van der Waals surface area (Å²) >= 11 is 3.43. The Hall–Kier alpha value is -2.66. The van der Waals surface area contributed by atoms with Gasteiger partial charge >= 0.3 is 0 Å². The van der Waals surface area contributed by atoms with E-state index >= 15 is 0 Å². The molecule has 0 radical (unpaired) electrons. The number of carbonyl (C=O) groups is 1. The van der Waals surface area contributed by atoms with Gasteiger partial charge in [0.25, 0.3) is 5.91 Å². The van der Waals surface area contributed by atoms with Crippen LogP contribution in [0.3, 0.4) is 0 Å². The van der Waals surface area contributed by atoms with E-state index in [-0.39, 0.29) is 5.91 Å². The second-order valence-corrected chi connectivity index (χ2v) is 6.27. The number of carbonyl (C=O) groups excluding carboxylic acids is 1. The smallest absolute Gasteiger partial charge is 0.274 e. The van der Waals surface area contributed by atoms with Gasteiger partial charge in [-0.05, 0) is 59.3 Å². The molecular formula is C20H18BrN3O. The molecule has 0 bridgehead atoms. The van der Waals surface area contributed by atoms with E-state index in [2.05, 4.69) is 38.1 Å². The number of para-hydroxylation sites is 2. The van der Waals surface area contributed by atoms with Crippen LogP contribution in [0.15, 0.2) is 77.4 Å². The highest BCUT2D eigenvalue weighted by Gasteiger charge is 2.13. The molecule has 1 aromatic heterocycles. The van der Waals surface area contributed by atoms with Crippen LogP contribution in [-0.2, 0) is 0 Å². The van der Waals surface area contributed by atoms with E-state index in [0.717, 1.165) is 28.1 Å². The second kappa shape index (κ2) is 7.94. The van der Waals surface area contributed by atoms with E-state index in [1.54, 1.807) is 6.20 Å². The van der Waals surface area contributed by atoms with Crippen molar-refractivity contribution >= 4 is 38.9 Å². The van der Waals surface area contributed by atoms with Crippen molar-refractivity contribution in [2.24, 2.45) is 0 Å². The zero-order chi connectivity index (χ0) is 17.6. The first-order valence-corrected chi connectivity index (χ1v) is 8.83. The maximum Gasteiger partial charge on any atom is 0.274 e. The molecule has 1 N–H and O–H groups in total. The molecule has 0 aliphatic carbocycles. The van der Waals surface area contributed by atoms with Crippen molar-refractivity contribution in [3.8, 4) is 0 Å². The highest BCUT2D eigenvalue weighted by atomic mass is 79.9. The highest BCUT2D eigenvalue weighted by Crippen LogP contribution is 2.26. The third-order valence-electron chi connectivity index (χ3n) is 3.79. The van der Waals surface area contributed by atoms with Crippen LogP contribution in [0.1, 0.15) is 17.4 Å². The molecule has 3 aromatic rings. The second-order valence-electron chi connectivity index (χ2n) is 5.41. The number of hydrogen-bond donors (Lipinski definition) is 1. The molecule has 2 aromatic carbocycles. The largest absolute Gasteiger partial charge is 0.342 e. The fraction of sp³-hybridized carbons (Fsp3) is 0.100. The summed E-state index contributed by atoms with van der Waals surface area (Å²) in [6, 6.07) is 21.3. The van der Waals surface area contributed by atoms with E-state index in [0.29, 0.717) is 5.69 Å². The molecule has 1 heterocycles. The molecule has 4 nitrogen and oxygen atoms in total. The van der Waals surface area contributed by atoms with E-state index in [9.17, 15) is 4.79 Å². The first-order chi connectivity index (χ1) is 12.2. The molecule has 126 valence electrons. The molecule has 0 aliphatic heterocycles. The number of pyridine rings is 1. The van der Waals surface area contributed by atoms with Gasteiger partial charge in [-0.1, -0.05) is 30.3 Å². The van der Waals surface area contributed by atoms with Crippen LogP contribution in [0.5, 0.6) is 0 Å². The molecule has 5 heteroatoms. The van der Waals surface area contributed by atoms with Crippen molar-refractivity contribution in [3.05, 3.63) is 83.1 Å². The molecule has 0 aliphatic rings. The van der Waals surface area contributed by atoms with Crippen molar-refractivity contribution < 1.29 is 4.79 Å². The molecule has 0 unspecified atom stereocenters. The molecule has 0 fully saturated rings. The van der Waals surface area contributed by atoms with Crippen LogP contribution in [0.4, 0.5) is 17.1 Å². The van der Waals surface area contributed by atoms with Crippen LogP contribution >= 0.6 is 15.9 Å². The fourth-order valence-corrected chi connectivity index (χ4v) is 2.97. The number of nitrogens with zero attached hydrogens (tertiary/aromatic N) is 2. The lowest BCUT2D eigenvalue weighted by Crippen LogP contribution is -2.18. The van der Waals surface area contributed by atoms with Crippen molar-refractivity contribution in [2.75, 3.05) is 16.8 Å². The topological polar surface area (TPSA) is 45.2 Å². The first-order valence-electron chi connectivity index (χ1n) is 8.03. The predicted octanol–water partition coefficient (Wildman–Crippen LogP) is 5.25. The molecular weight excluding hydrogens is 378 g/mol. The van der Waals surface area contributed by atoms with Crippen LogP contribution in [0.2, 0.25) is 0 Å². The summed E-state index contributed by atoms with van der Waals surface area (Å²) in [5.41, 5.74) is 3.10. The maximum absolute atomic E-state index is 12.6. The number of rotatable bonds is 5. The lowest BCUT2D eigenvalue weighted by atomic mass is 10.2. The maximum atomic E-state index is 12.6. The molecule has 0 saturated carbocycles. The van der Waals surface area contributed by atoms with E-state index in [1.165, 1.54) is 0 Å². The Morgan fingerprint density at radius 2 is 1.76 bits per heavy atom. The Bertz CT molecular complexity index is 868. The predicted molar refractivity (Wildman–Crippen MR) is 105 cm³/mol. The van der Waals surface area contributed by atoms with Gasteiger partial charge in [-0.2, -0.15) is 0 Å². The molecule has 25 heavy (non-hydrogen) atoms. The molecule has 3 rings (SSSR count). The average molecular weight is 396 g/mol. The lowest BCUT2D eigenvalue weighted by Gasteiger charge is -2.23. The third-order valence-corrected chi connectivity index (χ3v) is 4.49. The van der Waals surface area contributed by atoms with Crippen molar-refractivity contribution in [2.45, 2.75) is 6.92 Å². The monoisotopic (exact) mass is 395 g/mol. The van der Waals surface area contributed by atoms with Crippen molar-refractivity contribution in [1.82, 2.24) is 4.98 Å². The number of aromatic nitrogens is 1. The summed E-state index contributed by atoms with van der Waals surface area (Å²) in [5, 5.41) is 2.88. The van der Waals surface area contributed by atoms with Gasteiger partial charge in [0.05, 0.1) is 5.69 Å². The van der Waals surface area contributed by atoms with Gasteiger partial charge in [0.1, 0.15) is 5.69 Å². The lowest BCUT2D eigenvalue weighted by molar-refractivity contribution is 0.102. The van der Waals surface area contributed by atoms with Crippen LogP contribution in [-0.4, -0.2) is 17.4 Å². The number of anilines is 3. The number of hydrogen-bond acceptors (Lipinski definition) is 3. The molecule has 0 spiro atoms. The van der Waals surface area contributed by atoms with Crippen molar-refractivity contribution in [3.63, 3.8) is 0 Å². The summed E-state index contributed by atoms with van der Waals surface area (Å²) < 4.78 is 0.832. The van der Waals surface area contributed by atoms with Crippen LogP contribution in [0.25, 0.3) is 0 Å².